The fraction of sp³-hybridized carbons (Fsp3) is 0.440. The van der Waals surface area contributed by atoms with Gasteiger partial charge in [0.2, 0.25) is 0 Å². The first-order chi connectivity index (χ1) is 14.7. The third-order valence-electron chi connectivity index (χ3n) is 6.33. The van der Waals surface area contributed by atoms with Crippen LogP contribution in [0, 0.1) is 0 Å². The van der Waals surface area contributed by atoms with Crippen molar-refractivity contribution in [2.24, 2.45) is 0 Å². The molecule has 0 bridgehead atoms. The molecule has 5 rings (SSSR count). The van der Waals surface area contributed by atoms with E-state index in [1.807, 2.05) is 11.0 Å². The molecule has 1 amide bonds. The maximum Gasteiger partial charge on any atom is 0.260 e. The van der Waals surface area contributed by atoms with Gasteiger partial charge in [0.15, 0.2) is 5.13 Å². The topological polar surface area (TPSA) is 42.4 Å². The molecular weight excluding hydrogens is 392 g/mol. The molecule has 1 fully saturated rings. The van der Waals surface area contributed by atoms with Gasteiger partial charge in [0.1, 0.15) is 0 Å². The monoisotopic (exact) mass is 420 g/mol. The minimum atomic E-state index is 0.0358. The Bertz CT molecular complexity index is 1070. The predicted octanol–water partition coefficient (Wildman–Crippen LogP) is 5.56. The zero-order chi connectivity index (χ0) is 20.5. The summed E-state index contributed by atoms with van der Waals surface area (Å²) in [6, 6.07) is 12.7. The maximum absolute atomic E-state index is 13.7. The summed E-state index contributed by atoms with van der Waals surface area (Å²) >= 11 is 1.61. The Hall–Kier alpha value is -2.24. The van der Waals surface area contributed by atoms with Crippen molar-refractivity contribution in [3.8, 4) is 0 Å². The van der Waals surface area contributed by atoms with Gasteiger partial charge in [-0.25, -0.2) is 4.98 Å². The lowest BCUT2D eigenvalue weighted by Crippen LogP contribution is -2.37. The number of carbonyl (C=O) groups excluding carboxylic acids is 1. The predicted molar refractivity (Wildman–Crippen MR) is 123 cm³/mol. The van der Waals surface area contributed by atoms with Crippen LogP contribution >= 0.6 is 11.3 Å². The third kappa shape index (κ3) is 3.88. The molecule has 156 valence electrons. The van der Waals surface area contributed by atoms with Gasteiger partial charge in [0.05, 0.1) is 22.9 Å². The number of carbonyl (C=O) groups is 1. The van der Waals surface area contributed by atoms with Crippen molar-refractivity contribution in [2.45, 2.75) is 58.0 Å². The Balaban J connectivity index is 1.50. The van der Waals surface area contributed by atoms with Gasteiger partial charge in [-0.3, -0.25) is 9.69 Å². The maximum atomic E-state index is 13.7. The Labute approximate surface area is 181 Å². The number of nitrogens with zero attached hydrogens (tertiary/aromatic N) is 2. The molecule has 1 saturated heterocycles. The Kier molecular flexibility index (Phi) is 5.57. The summed E-state index contributed by atoms with van der Waals surface area (Å²) in [6.07, 6.45) is 7.80. The van der Waals surface area contributed by atoms with Gasteiger partial charge in [0, 0.05) is 12.2 Å². The van der Waals surface area contributed by atoms with Crippen LogP contribution in [-0.2, 0) is 24.0 Å². The number of thiazole rings is 1. The van der Waals surface area contributed by atoms with E-state index in [4.69, 9.17) is 9.72 Å². The SMILES string of the molecule is CCc1ccc2nc(N(CC3CCCO3)C(=O)c3ccc4c(c3)CCCC4)sc2c1. The number of rotatable bonds is 5. The third-order valence-corrected chi connectivity index (χ3v) is 7.37. The summed E-state index contributed by atoms with van der Waals surface area (Å²) < 4.78 is 7.01. The van der Waals surface area contributed by atoms with E-state index in [0.717, 1.165) is 59.6 Å². The summed E-state index contributed by atoms with van der Waals surface area (Å²) in [4.78, 5) is 20.3. The van der Waals surface area contributed by atoms with Crippen LogP contribution < -0.4 is 4.90 Å². The first-order valence-corrected chi connectivity index (χ1v) is 12.0. The molecule has 3 aromatic rings. The smallest absolute Gasteiger partial charge is 0.260 e. The Morgan fingerprint density at radius 3 is 2.80 bits per heavy atom. The first-order valence-electron chi connectivity index (χ1n) is 11.2. The lowest BCUT2D eigenvalue weighted by Gasteiger charge is -2.24. The van der Waals surface area contributed by atoms with Gasteiger partial charge in [-0.2, -0.15) is 0 Å². The molecule has 2 aliphatic rings. The van der Waals surface area contributed by atoms with E-state index in [1.54, 1.807) is 11.3 Å². The molecule has 2 aromatic carbocycles. The van der Waals surface area contributed by atoms with Crippen LogP contribution in [0.25, 0.3) is 10.2 Å². The zero-order valence-corrected chi connectivity index (χ0v) is 18.3. The van der Waals surface area contributed by atoms with E-state index >= 15 is 0 Å². The second kappa shape index (κ2) is 8.48. The number of hydrogen-bond acceptors (Lipinski definition) is 4. The lowest BCUT2D eigenvalue weighted by atomic mass is 9.90. The molecule has 0 saturated carbocycles. The zero-order valence-electron chi connectivity index (χ0n) is 17.5. The lowest BCUT2D eigenvalue weighted by molar-refractivity contribution is 0.0917. The van der Waals surface area contributed by atoms with Gasteiger partial charge in [-0.1, -0.05) is 30.4 Å². The van der Waals surface area contributed by atoms with Gasteiger partial charge >= 0.3 is 0 Å². The summed E-state index contributed by atoms with van der Waals surface area (Å²) in [6.45, 7) is 3.51. The van der Waals surface area contributed by atoms with E-state index in [0.29, 0.717) is 6.54 Å². The number of aryl methyl sites for hydroxylation is 3. The number of anilines is 1. The molecular formula is C25H28N2O2S. The minimum absolute atomic E-state index is 0.0358. The van der Waals surface area contributed by atoms with E-state index in [9.17, 15) is 4.79 Å². The van der Waals surface area contributed by atoms with Crippen LogP contribution in [0.1, 0.15) is 59.7 Å². The van der Waals surface area contributed by atoms with Gasteiger partial charge in [-0.15, -0.1) is 0 Å². The van der Waals surface area contributed by atoms with Crippen LogP contribution in [0.3, 0.4) is 0 Å². The van der Waals surface area contributed by atoms with Crippen molar-refractivity contribution in [1.82, 2.24) is 4.98 Å². The van der Waals surface area contributed by atoms with Crippen molar-refractivity contribution < 1.29 is 9.53 Å². The van der Waals surface area contributed by atoms with E-state index < -0.39 is 0 Å². The number of fused-ring (bicyclic) bond motifs is 2. The molecule has 1 aromatic heterocycles. The molecule has 5 heteroatoms. The minimum Gasteiger partial charge on any atom is -0.376 e. The van der Waals surface area contributed by atoms with Crippen molar-refractivity contribution in [2.75, 3.05) is 18.1 Å². The standard InChI is InChI=1S/C25H28N2O2S/c1-2-17-9-12-22-23(14-17)30-25(26-22)27(16-21-8-5-13-29-21)24(28)20-11-10-18-6-3-4-7-19(18)15-20/h9-12,14-15,21H,2-8,13,16H2,1H3. The van der Waals surface area contributed by atoms with E-state index in [1.165, 1.54) is 29.5 Å². The van der Waals surface area contributed by atoms with Crippen LogP contribution in [0.4, 0.5) is 5.13 Å². The number of ether oxygens (including phenoxy) is 1. The first kappa shape index (κ1) is 19.7. The van der Waals surface area contributed by atoms with E-state index in [-0.39, 0.29) is 12.0 Å². The molecule has 0 spiro atoms. The highest BCUT2D eigenvalue weighted by atomic mass is 32.1. The van der Waals surface area contributed by atoms with Gasteiger partial charge < -0.3 is 4.74 Å². The number of aromatic nitrogens is 1. The quantitative estimate of drug-likeness (QED) is 0.542. The molecule has 4 nitrogen and oxygen atoms in total. The number of benzene rings is 2. The van der Waals surface area contributed by atoms with Crippen LogP contribution in [-0.4, -0.2) is 30.1 Å². The van der Waals surface area contributed by atoms with Crippen molar-refractivity contribution in [1.29, 1.82) is 0 Å². The average molecular weight is 421 g/mol. The van der Waals surface area contributed by atoms with Crippen LogP contribution in [0.5, 0.6) is 0 Å². The Morgan fingerprint density at radius 1 is 1.13 bits per heavy atom. The molecule has 0 radical (unpaired) electrons. The summed E-state index contributed by atoms with van der Waals surface area (Å²) in [5.74, 6) is 0.0358. The fourth-order valence-electron chi connectivity index (χ4n) is 4.55. The highest BCUT2D eigenvalue weighted by molar-refractivity contribution is 7.22. The van der Waals surface area contributed by atoms with Crippen LogP contribution in [0.15, 0.2) is 36.4 Å². The highest BCUT2D eigenvalue weighted by Gasteiger charge is 2.27. The van der Waals surface area contributed by atoms with Crippen molar-refractivity contribution >= 4 is 32.6 Å². The molecule has 1 atom stereocenters. The average Bonchev–Trinajstić information content (AvgIpc) is 3.45. The van der Waals surface area contributed by atoms with E-state index in [2.05, 4.69) is 37.3 Å². The molecule has 1 aliphatic carbocycles. The second-order valence-corrected chi connectivity index (χ2v) is 9.40. The summed E-state index contributed by atoms with van der Waals surface area (Å²) in [7, 11) is 0. The Morgan fingerprint density at radius 2 is 2.00 bits per heavy atom. The largest absolute Gasteiger partial charge is 0.376 e. The molecule has 0 N–H and O–H groups in total. The normalized spacial score (nSPS) is 18.5. The van der Waals surface area contributed by atoms with Gasteiger partial charge in [-0.05, 0) is 85.9 Å². The summed E-state index contributed by atoms with van der Waals surface area (Å²) in [5.41, 5.74) is 5.76. The number of amides is 1. The van der Waals surface area contributed by atoms with Crippen molar-refractivity contribution in [3.63, 3.8) is 0 Å². The molecule has 1 aliphatic heterocycles. The number of hydrogen-bond donors (Lipinski definition) is 0. The summed E-state index contributed by atoms with van der Waals surface area (Å²) in [5, 5.41) is 0.775. The van der Waals surface area contributed by atoms with Gasteiger partial charge in [0.25, 0.3) is 5.91 Å². The second-order valence-electron chi connectivity index (χ2n) is 8.39. The van der Waals surface area contributed by atoms with Crippen LogP contribution in [0.2, 0.25) is 0 Å². The highest BCUT2D eigenvalue weighted by Crippen LogP contribution is 2.32. The molecule has 1 unspecified atom stereocenters. The van der Waals surface area contributed by atoms with Crippen molar-refractivity contribution in [3.05, 3.63) is 58.7 Å². The molecule has 30 heavy (non-hydrogen) atoms. The molecule has 2 heterocycles. The fourth-order valence-corrected chi connectivity index (χ4v) is 5.59.